The van der Waals surface area contributed by atoms with Crippen LogP contribution in [-0.2, 0) is 19.1 Å². The van der Waals surface area contributed by atoms with Crippen LogP contribution in [0.25, 0.3) is 0 Å². The Morgan fingerprint density at radius 3 is 1.48 bits per heavy atom. The SMILES string of the molecule is CCCCCCCCCCCCCCCCCC(=O)OC(=O)C=CC(=O)O. The predicted octanol–water partition coefficient (Wildman–Crippen LogP) is 5.96. The van der Waals surface area contributed by atoms with E-state index in [4.69, 9.17) is 5.11 Å². The van der Waals surface area contributed by atoms with Crippen LogP contribution in [0.5, 0.6) is 0 Å². The summed E-state index contributed by atoms with van der Waals surface area (Å²) in [5, 5.41) is 8.37. The van der Waals surface area contributed by atoms with E-state index in [-0.39, 0.29) is 6.42 Å². The molecule has 0 amide bonds. The third-order valence-corrected chi connectivity index (χ3v) is 4.56. The summed E-state index contributed by atoms with van der Waals surface area (Å²) in [6, 6.07) is 0. The van der Waals surface area contributed by atoms with E-state index in [0.29, 0.717) is 12.5 Å². The van der Waals surface area contributed by atoms with E-state index in [1.165, 1.54) is 77.0 Å². The van der Waals surface area contributed by atoms with Gasteiger partial charge in [-0.2, -0.15) is 0 Å². The van der Waals surface area contributed by atoms with Crippen molar-refractivity contribution in [1.29, 1.82) is 0 Å². The Hall–Kier alpha value is -1.65. The molecule has 0 aliphatic carbocycles. The molecule has 5 heteroatoms. The molecule has 0 atom stereocenters. The van der Waals surface area contributed by atoms with Crippen molar-refractivity contribution in [1.82, 2.24) is 0 Å². The van der Waals surface area contributed by atoms with Gasteiger partial charge < -0.3 is 9.84 Å². The highest BCUT2D eigenvalue weighted by Gasteiger charge is 2.07. The molecule has 1 N–H and O–H groups in total. The standard InChI is InChI=1S/C22H38O5/c1-2-3-4-5-6-7-8-9-10-11-12-13-14-15-16-17-21(25)27-22(26)19-18-20(23)24/h18-19H,2-17H2,1H3,(H,23,24). The van der Waals surface area contributed by atoms with Crippen molar-refractivity contribution in [3.8, 4) is 0 Å². The number of ether oxygens (including phenoxy) is 1. The third-order valence-electron chi connectivity index (χ3n) is 4.56. The Balaban J connectivity index is 3.29. The number of unbranched alkanes of at least 4 members (excludes halogenated alkanes) is 14. The Bertz CT molecular complexity index is 428. The molecule has 5 nitrogen and oxygen atoms in total. The first-order valence-corrected chi connectivity index (χ1v) is 10.7. The first-order chi connectivity index (χ1) is 13.1. The third kappa shape index (κ3) is 20.5. The molecule has 0 spiro atoms. The van der Waals surface area contributed by atoms with Crippen molar-refractivity contribution in [3.05, 3.63) is 12.2 Å². The molecular weight excluding hydrogens is 344 g/mol. The highest BCUT2D eigenvalue weighted by atomic mass is 16.6. The van der Waals surface area contributed by atoms with Crippen molar-refractivity contribution in [2.75, 3.05) is 0 Å². The first kappa shape index (κ1) is 25.4. The maximum atomic E-state index is 11.4. The molecule has 0 rings (SSSR count). The number of hydrogen-bond donors (Lipinski definition) is 1. The summed E-state index contributed by atoms with van der Waals surface area (Å²) in [5.41, 5.74) is 0. The van der Waals surface area contributed by atoms with Crippen LogP contribution in [0.2, 0.25) is 0 Å². The molecule has 156 valence electrons. The average molecular weight is 383 g/mol. The van der Waals surface area contributed by atoms with Gasteiger partial charge in [0.2, 0.25) is 0 Å². The molecule has 0 aromatic carbocycles. The van der Waals surface area contributed by atoms with Gasteiger partial charge >= 0.3 is 17.9 Å². The van der Waals surface area contributed by atoms with Gasteiger partial charge in [-0.25, -0.2) is 9.59 Å². The van der Waals surface area contributed by atoms with Crippen molar-refractivity contribution in [3.63, 3.8) is 0 Å². The zero-order valence-electron chi connectivity index (χ0n) is 17.0. The summed E-state index contributed by atoms with van der Waals surface area (Å²) in [5.74, 6) is -2.77. The van der Waals surface area contributed by atoms with Crippen LogP contribution in [0.15, 0.2) is 12.2 Å². The molecule has 0 fully saturated rings. The molecule has 0 aliphatic heterocycles. The number of aliphatic carboxylic acids is 1. The lowest BCUT2D eigenvalue weighted by Crippen LogP contribution is -2.10. The van der Waals surface area contributed by atoms with Gasteiger partial charge in [-0.1, -0.05) is 96.8 Å². The van der Waals surface area contributed by atoms with Crippen molar-refractivity contribution in [2.24, 2.45) is 0 Å². The van der Waals surface area contributed by atoms with Crippen LogP contribution in [-0.4, -0.2) is 23.0 Å². The minimum absolute atomic E-state index is 0.199. The fraction of sp³-hybridized carbons (Fsp3) is 0.773. The number of hydrogen-bond acceptors (Lipinski definition) is 4. The smallest absolute Gasteiger partial charge is 0.338 e. The summed E-state index contributed by atoms with van der Waals surface area (Å²) in [7, 11) is 0. The predicted molar refractivity (Wildman–Crippen MR) is 107 cm³/mol. The van der Waals surface area contributed by atoms with E-state index in [0.717, 1.165) is 18.9 Å². The number of carbonyl (C=O) groups is 3. The minimum atomic E-state index is -1.25. The van der Waals surface area contributed by atoms with Crippen molar-refractivity contribution in [2.45, 2.75) is 110 Å². The summed E-state index contributed by atoms with van der Waals surface area (Å²) >= 11 is 0. The second-order valence-electron chi connectivity index (χ2n) is 7.16. The van der Waals surface area contributed by atoms with Crippen LogP contribution in [0.4, 0.5) is 0 Å². The van der Waals surface area contributed by atoms with Gasteiger partial charge in [0.25, 0.3) is 0 Å². The zero-order chi connectivity index (χ0) is 20.2. The van der Waals surface area contributed by atoms with Gasteiger partial charge in [-0.3, -0.25) is 4.79 Å². The molecule has 0 saturated carbocycles. The van der Waals surface area contributed by atoms with Crippen LogP contribution in [0, 0.1) is 0 Å². The summed E-state index contributed by atoms with van der Waals surface area (Å²) in [6.45, 7) is 2.25. The van der Waals surface area contributed by atoms with Gasteiger partial charge in [-0.15, -0.1) is 0 Å². The molecule has 0 unspecified atom stereocenters. The van der Waals surface area contributed by atoms with E-state index in [1.807, 2.05) is 0 Å². The molecule has 0 bridgehead atoms. The van der Waals surface area contributed by atoms with E-state index >= 15 is 0 Å². The van der Waals surface area contributed by atoms with Crippen LogP contribution >= 0.6 is 0 Å². The molecule has 0 aliphatic rings. The number of esters is 2. The maximum absolute atomic E-state index is 11.4. The normalized spacial score (nSPS) is 11.0. The number of rotatable bonds is 18. The molecular formula is C22H38O5. The fourth-order valence-electron chi connectivity index (χ4n) is 2.98. The number of carbonyl (C=O) groups excluding carboxylic acids is 2. The van der Waals surface area contributed by atoms with Crippen LogP contribution < -0.4 is 0 Å². The number of carboxylic acid groups (broad SMARTS) is 1. The minimum Gasteiger partial charge on any atom is -0.478 e. The number of carboxylic acids is 1. The van der Waals surface area contributed by atoms with Gasteiger partial charge in [0.05, 0.1) is 0 Å². The molecule has 0 aromatic heterocycles. The van der Waals surface area contributed by atoms with Crippen molar-refractivity contribution >= 4 is 17.9 Å². The fourth-order valence-corrected chi connectivity index (χ4v) is 2.98. The Labute approximate surface area is 164 Å². The van der Waals surface area contributed by atoms with E-state index in [1.54, 1.807) is 0 Å². The quantitative estimate of drug-likeness (QED) is 0.137. The lowest BCUT2D eigenvalue weighted by Gasteiger charge is -2.03. The lowest BCUT2D eigenvalue weighted by molar-refractivity contribution is -0.156. The topological polar surface area (TPSA) is 80.7 Å². The molecule has 0 saturated heterocycles. The average Bonchev–Trinajstić information content (AvgIpc) is 2.63. The highest BCUT2D eigenvalue weighted by molar-refractivity contribution is 5.95. The van der Waals surface area contributed by atoms with E-state index in [2.05, 4.69) is 11.7 Å². The van der Waals surface area contributed by atoms with Crippen molar-refractivity contribution < 1.29 is 24.2 Å². The summed E-state index contributed by atoms with van der Waals surface area (Å²) in [6.07, 6.45) is 20.4. The van der Waals surface area contributed by atoms with E-state index < -0.39 is 17.9 Å². The molecule has 0 aromatic rings. The molecule has 0 radical (unpaired) electrons. The summed E-state index contributed by atoms with van der Waals surface area (Å²) in [4.78, 5) is 32.8. The Morgan fingerprint density at radius 2 is 1.07 bits per heavy atom. The Morgan fingerprint density at radius 1 is 0.667 bits per heavy atom. The van der Waals surface area contributed by atoms with Gasteiger partial charge in [0, 0.05) is 18.6 Å². The molecule has 27 heavy (non-hydrogen) atoms. The van der Waals surface area contributed by atoms with Crippen LogP contribution in [0.3, 0.4) is 0 Å². The van der Waals surface area contributed by atoms with Crippen LogP contribution in [0.1, 0.15) is 110 Å². The highest BCUT2D eigenvalue weighted by Crippen LogP contribution is 2.13. The maximum Gasteiger partial charge on any atom is 0.338 e. The largest absolute Gasteiger partial charge is 0.478 e. The molecule has 0 heterocycles. The second kappa shape index (κ2) is 19.1. The second-order valence-corrected chi connectivity index (χ2v) is 7.16. The zero-order valence-corrected chi connectivity index (χ0v) is 17.0. The van der Waals surface area contributed by atoms with Gasteiger partial charge in [0.1, 0.15) is 0 Å². The van der Waals surface area contributed by atoms with E-state index in [9.17, 15) is 14.4 Å². The summed E-state index contributed by atoms with van der Waals surface area (Å²) < 4.78 is 4.49. The lowest BCUT2D eigenvalue weighted by atomic mass is 10.0. The van der Waals surface area contributed by atoms with Gasteiger partial charge in [0.15, 0.2) is 0 Å². The Kier molecular flexibility index (Phi) is 18.0. The monoisotopic (exact) mass is 382 g/mol. The van der Waals surface area contributed by atoms with Gasteiger partial charge in [-0.05, 0) is 6.42 Å². The first-order valence-electron chi connectivity index (χ1n) is 10.7.